The lowest BCUT2D eigenvalue weighted by molar-refractivity contribution is 0.151. The number of anilines is 3. The first-order chi connectivity index (χ1) is 15.6. The van der Waals surface area contributed by atoms with Crippen molar-refractivity contribution in [3.05, 3.63) is 48.3 Å². The van der Waals surface area contributed by atoms with Crippen molar-refractivity contribution in [1.82, 2.24) is 19.8 Å². The van der Waals surface area contributed by atoms with Crippen LogP contribution < -0.4 is 15.4 Å². The number of urea groups is 1. The van der Waals surface area contributed by atoms with E-state index in [1.165, 1.54) is 6.33 Å². The highest BCUT2D eigenvalue weighted by Crippen LogP contribution is 2.33. The normalized spacial score (nSPS) is 14.1. The lowest BCUT2D eigenvalue weighted by Gasteiger charge is -2.34. The fraction of sp³-hybridized carbons (Fsp3) is 0.292. The summed E-state index contributed by atoms with van der Waals surface area (Å²) in [5.74, 6) is 3.78. The van der Waals surface area contributed by atoms with E-state index in [9.17, 15) is 4.79 Å². The number of hydrogen-bond donors (Lipinski definition) is 2. The standard InChI is InChI=1S/C24H26N6O2/c1-4-17-7-6-8-18(13-17)27-23-19-14-21(22(32-3)15-20(19)25-16-26-23)28-24(31)30-11-9-29(5-2)10-12-30/h1,6-8,13-16H,5,9-12H2,2-3H3,(H,28,31)(H,25,26,27). The molecule has 8 nitrogen and oxygen atoms in total. The van der Waals surface area contributed by atoms with Crippen LogP contribution in [0.2, 0.25) is 0 Å². The molecule has 0 aliphatic carbocycles. The first kappa shape index (κ1) is 21.4. The van der Waals surface area contributed by atoms with Crippen LogP contribution in [0.15, 0.2) is 42.7 Å². The lowest BCUT2D eigenvalue weighted by Crippen LogP contribution is -2.49. The molecule has 4 rings (SSSR count). The number of carbonyl (C=O) groups excluding carboxylic acids is 1. The van der Waals surface area contributed by atoms with Crippen LogP contribution in [0.1, 0.15) is 12.5 Å². The Morgan fingerprint density at radius 2 is 2.00 bits per heavy atom. The van der Waals surface area contributed by atoms with Crippen molar-refractivity contribution >= 4 is 34.1 Å². The van der Waals surface area contributed by atoms with E-state index in [1.54, 1.807) is 13.2 Å². The first-order valence-electron chi connectivity index (χ1n) is 10.6. The monoisotopic (exact) mass is 430 g/mol. The van der Waals surface area contributed by atoms with Gasteiger partial charge in [0.1, 0.15) is 17.9 Å². The van der Waals surface area contributed by atoms with Crippen LogP contribution in [0.5, 0.6) is 5.75 Å². The number of nitrogens with one attached hydrogen (secondary N) is 2. The molecule has 3 aromatic rings. The van der Waals surface area contributed by atoms with Gasteiger partial charge in [0.25, 0.3) is 0 Å². The molecule has 0 saturated carbocycles. The van der Waals surface area contributed by atoms with Gasteiger partial charge in [0, 0.05) is 48.9 Å². The smallest absolute Gasteiger partial charge is 0.322 e. The third-order valence-corrected chi connectivity index (χ3v) is 5.60. The van der Waals surface area contributed by atoms with Gasteiger partial charge in [-0.3, -0.25) is 0 Å². The molecule has 164 valence electrons. The Hall–Kier alpha value is -3.83. The Bertz CT molecular complexity index is 1160. The maximum atomic E-state index is 12.9. The van der Waals surface area contributed by atoms with Crippen LogP contribution in [0.25, 0.3) is 10.9 Å². The van der Waals surface area contributed by atoms with Crippen LogP contribution in [0, 0.1) is 12.3 Å². The molecular formula is C24H26N6O2. The Morgan fingerprint density at radius 3 is 2.72 bits per heavy atom. The van der Waals surface area contributed by atoms with E-state index < -0.39 is 0 Å². The van der Waals surface area contributed by atoms with E-state index in [0.29, 0.717) is 35.9 Å². The van der Waals surface area contributed by atoms with Gasteiger partial charge >= 0.3 is 6.03 Å². The van der Waals surface area contributed by atoms with Gasteiger partial charge in [0.15, 0.2) is 0 Å². The minimum atomic E-state index is -0.147. The second kappa shape index (κ2) is 9.54. The van der Waals surface area contributed by atoms with Crippen molar-refractivity contribution < 1.29 is 9.53 Å². The minimum Gasteiger partial charge on any atom is -0.494 e. The molecule has 1 saturated heterocycles. The number of methoxy groups -OCH3 is 1. The van der Waals surface area contributed by atoms with Gasteiger partial charge in [0.05, 0.1) is 18.3 Å². The highest BCUT2D eigenvalue weighted by molar-refractivity contribution is 5.99. The summed E-state index contributed by atoms with van der Waals surface area (Å²) in [4.78, 5) is 25.8. The Morgan fingerprint density at radius 1 is 1.19 bits per heavy atom. The second-order valence-electron chi connectivity index (χ2n) is 7.49. The van der Waals surface area contributed by atoms with E-state index in [1.807, 2.05) is 35.2 Å². The van der Waals surface area contributed by atoms with E-state index in [0.717, 1.165) is 36.3 Å². The summed E-state index contributed by atoms with van der Waals surface area (Å²) >= 11 is 0. The molecule has 1 aliphatic rings. The molecule has 0 spiro atoms. The van der Waals surface area contributed by atoms with E-state index in [2.05, 4.69) is 38.3 Å². The molecule has 1 aliphatic heterocycles. The van der Waals surface area contributed by atoms with Crippen molar-refractivity contribution in [1.29, 1.82) is 0 Å². The summed E-state index contributed by atoms with van der Waals surface area (Å²) in [7, 11) is 1.57. The highest BCUT2D eigenvalue weighted by atomic mass is 16.5. The summed E-state index contributed by atoms with van der Waals surface area (Å²) in [5.41, 5.74) is 2.85. The summed E-state index contributed by atoms with van der Waals surface area (Å²) in [5, 5.41) is 7.05. The molecule has 0 bridgehead atoms. The number of fused-ring (bicyclic) bond motifs is 1. The van der Waals surface area contributed by atoms with Gasteiger partial charge in [-0.1, -0.05) is 18.9 Å². The van der Waals surface area contributed by atoms with E-state index >= 15 is 0 Å². The van der Waals surface area contributed by atoms with Crippen LogP contribution in [-0.2, 0) is 0 Å². The molecule has 1 fully saturated rings. The SMILES string of the molecule is C#Cc1cccc(Nc2ncnc3cc(OC)c(NC(=O)N4CCN(CC)CC4)cc23)c1. The number of rotatable bonds is 5. The number of carbonyl (C=O) groups is 1. The average molecular weight is 431 g/mol. The molecular weight excluding hydrogens is 404 g/mol. The molecule has 2 N–H and O–H groups in total. The third kappa shape index (κ3) is 4.58. The molecule has 0 unspecified atom stereocenters. The van der Waals surface area contributed by atoms with Crippen LogP contribution >= 0.6 is 0 Å². The van der Waals surface area contributed by atoms with Crippen molar-refractivity contribution in [2.24, 2.45) is 0 Å². The predicted octanol–water partition coefficient (Wildman–Crippen LogP) is 3.53. The molecule has 0 radical (unpaired) electrons. The van der Waals surface area contributed by atoms with Gasteiger partial charge in [0.2, 0.25) is 0 Å². The van der Waals surface area contributed by atoms with E-state index in [4.69, 9.17) is 11.2 Å². The fourth-order valence-corrected chi connectivity index (χ4v) is 3.73. The molecule has 32 heavy (non-hydrogen) atoms. The quantitative estimate of drug-likeness (QED) is 0.603. The van der Waals surface area contributed by atoms with Gasteiger partial charge in [-0.2, -0.15) is 0 Å². The number of likely N-dealkylation sites (N-methyl/N-ethyl adjacent to an activating group) is 1. The summed E-state index contributed by atoms with van der Waals surface area (Å²) in [6.45, 7) is 6.25. The van der Waals surface area contributed by atoms with Gasteiger partial charge < -0.3 is 25.2 Å². The zero-order chi connectivity index (χ0) is 22.5. The molecule has 2 amide bonds. The maximum Gasteiger partial charge on any atom is 0.322 e. The maximum absolute atomic E-state index is 12.9. The number of hydrogen-bond acceptors (Lipinski definition) is 6. The lowest BCUT2D eigenvalue weighted by atomic mass is 10.1. The first-order valence-corrected chi connectivity index (χ1v) is 10.6. The highest BCUT2D eigenvalue weighted by Gasteiger charge is 2.21. The van der Waals surface area contributed by atoms with Crippen LogP contribution in [0.3, 0.4) is 0 Å². The number of aromatic nitrogens is 2. The van der Waals surface area contributed by atoms with E-state index in [-0.39, 0.29) is 6.03 Å². The van der Waals surface area contributed by atoms with Gasteiger partial charge in [-0.15, -0.1) is 6.42 Å². The van der Waals surface area contributed by atoms with Crippen molar-refractivity contribution in [3.8, 4) is 18.1 Å². The molecule has 2 aromatic carbocycles. The fourth-order valence-electron chi connectivity index (χ4n) is 3.73. The molecule has 8 heteroatoms. The van der Waals surface area contributed by atoms with Crippen molar-refractivity contribution in [3.63, 3.8) is 0 Å². The van der Waals surface area contributed by atoms with Crippen LogP contribution in [-0.4, -0.2) is 65.6 Å². The van der Waals surface area contributed by atoms with Gasteiger partial charge in [-0.25, -0.2) is 14.8 Å². The molecule has 0 atom stereocenters. The number of terminal acetylenes is 1. The number of piperazine rings is 1. The second-order valence-corrected chi connectivity index (χ2v) is 7.49. The summed E-state index contributed by atoms with van der Waals surface area (Å²) in [6, 6.07) is 11.0. The third-order valence-electron chi connectivity index (χ3n) is 5.60. The summed E-state index contributed by atoms with van der Waals surface area (Å²) < 4.78 is 5.52. The minimum absolute atomic E-state index is 0.147. The van der Waals surface area contributed by atoms with Crippen LogP contribution in [0.4, 0.5) is 22.0 Å². The average Bonchev–Trinajstić information content (AvgIpc) is 2.84. The predicted molar refractivity (Wildman–Crippen MR) is 126 cm³/mol. The number of nitrogens with zero attached hydrogens (tertiary/aromatic N) is 4. The van der Waals surface area contributed by atoms with Crippen molar-refractivity contribution in [2.75, 3.05) is 50.5 Å². The van der Waals surface area contributed by atoms with Gasteiger partial charge in [-0.05, 0) is 30.8 Å². The molecule has 2 heterocycles. The Kier molecular flexibility index (Phi) is 6.38. The zero-order valence-electron chi connectivity index (χ0n) is 18.3. The number of ether oxygens (including phenoxy) is 1. The Balaban J connectivity index is 1.62. The topological polar surface area (TPSA) is 82.6 Å². The zero-order valence-corrected chi connectivity index (χ0v) is 18.3. The number of benzene rings is 2. The largest absolute Gasteiger partial charge is 0.494 e. The summed E-state index contributed by atoms with van der Waals surface area (Å²) in [6.07, 6.45) is 7.00. The molecule has 1 aromatic heterocycles. The Labute approximate surface area is 187 Å². The van der Waals surface area contributed by atoms with Crippen molar-refractivity contribution in [2.45, 2.75) is 6.92 Å². The number of amides is 2.